The first-order valence-corrected chi connectivity index (χ1v) is 7.26. The molecule has 2 rings (SSSR count). The second-order valence-corrected chi connectivity index (χ2v) is 5.13. The highest BCUT2D eigenvalue weighted by Gasteiger charge is 2.18. The van der Waals surface area contributed by atoms with Gasteiger partial charge in [0.05, 0.1) is 24.1 Å². The second-order valence-electron chi connectivity index (χ2n) is 5.13. The normalized spacial score (nSPS) is 10.8. The molecule has 0 amide bonds. The van der Waals surface area contributed by atoms with Crippen LogP contribution in [-0.4, -0.2) is 39.3 Å². The van der Waals surface area contributed by atoms with Crippen molar-refractivity contribution in [2.75, 3.05) is 23.3 Å². The first-order chi connectivity index (χ1) is 10.2. The number of hydrogen-bond donors (Lipinski definition) is 2. The summed E-state index contributed by atoms with van der Waals surface area (Å²) in [6.07, 6.45) is 3.19. The maximum absolute atomic E-state index is 8.85. The Labute approximate surface area is 124 Å². The molecular formula is C14H21N7. The standard InChI is InChI=1S/C14H21N7/c1-4-7-16-14-18-12-11(9-17-20-12)13(19-14)21(10(2)3)8-5-6-15/h9-10H,4-5,7-8H2,1-3H3,(H2,16,17,18,19,20). The number of H-pyrrole nitrogens is 1. The van der Waals surface area contributed by atoms with Crippen LogP contribution in [-0.2, 0) is 0 Å². The highest BCUT2D eigenvalue weighted by atomic mass is 15.3. The number of fused-ring (bicyclic) bond motifs is 1. The van der Waals surface area contributed by atoms with Crippen molar-refractivity contribution in [3.63, 3.8) is 0 Å². The summed E-state index contributed by atoms with van der Waals surface area (Å²) in [5, 5.41) is 19.9. The quantitative estimate of drug-likeness (QED) is 0.811. The Morgan fingerprint density at radius 1 is 1.43 bits per heavy atom. The molecule has 0 aromatic carbocycles. The van der Waals surface area contributed by atoms with Gasteiger partial charge >= 0.3 is 0 Å². The number of nitriles is 1. The van der Waals surface area contributed by atoms with Crippen LogP contribution in [0.2, 0.25) is 0 Å². The molecule has 0 saturated heterocycles. The fourth-order valence-electron chi connectivity index (χ4n) is 2.13. The average molecular weight is 287 g/mol. The molecular weight excluding hydrogens is 266 g/mol. The molecule has 0 aliphatic carbocycles. The van der Waals surface area contributed by atoms with Crippen molar-refractivity contribution in [1.82, 2.24) is 20.2 Å². The Morgan fingerprint density at radius 2 is 2.24 bits per heavy atom. The molecule has 2 N–H and O–H groups in total. The van der Waals surface area contributed by atoms with Crippen LogP contribution in [0.25, 0.3) is 11.0 Å². The van der Waals surface area contributed by atoms with Crippen LogP contribution >= 0.6 is 0 Å². The summed E-state index contributed by atoms with van der Waals surface area (Å²) >= 11 is 0. The van der Waals surface area contributed by atoms with Crippen LogP contribution in [0.15, 0.2) is 6.20 Å². The molecule has 0 unspecified atom stereocenters. The van der Waals surface area contributed by atoms with Crippen LogP contribution in [0.4, 0.5) is 11.8 Å². The predicted molar refractivity (Wildman–Crippen MR) is 83.2 cm³/mol. The molecule has 21 heavy (non-hydrogen) atoms. The molecule has 2 aromatic rings. The largest absolute Gasteiger partial charge is 0.354 e. The zero-order valence-electron chi connectivity index (χ0n) is 12.7. The summed E-state index contributed by atoms with van der Waals surface area (Å²) in [5.41, 5.74) is 0.709. The van der Waals surface area contributed by atoms with Gasteiger partial charge in [0, 0.05) is 19.1 Å². The van der Waals surface area contributed by atoms with E-state index in [0.717, 1.165) is 24.2 Å². The molecule has 0 saturated carbocycles. The van der Waals surface area contributed by atoms with Crippen LogP contribution in [0, 0.1) is 11.3 Å². The number of anilines is 2. The van der Waals surface area contributed by atoms with Crippen LogP contribution < -0.4 is 10.2 Å². The van der Waals surface area contributed by atoms with Gasteiger partial charge in [-0.3, -0.25) is 5.10 Å². The Hall–Kier alpha value is -2.36. The van der Waals surface area contributed by atoms with Gasteiger partial charge in [0.25, 0.3) is 0 Å². The van der Waals surface area contributed by atoms with E-state index in [0.29, 0.717) is 24.6 Å². The van der Waals surface area contributed by atoms with Crippen molar-refractivity contribution < 1.29 is 0 Å². The van der Waals surface area contributed by atoms with Crippen molar-refractivity contribution in [2.45, 2.75) is 39.7 Å². The summed E-state index contributed by atoms with van der Waals surface area (Å²) in [6.45, 7) is 7.72. The summed E-state index contributed by atoms with van der Waals surface area (Å²) in [4.78, 5) is 11.2. The maximum atomic E-state index is 8.85. The summed E-state index contributed by atoms with van der Waals surface area (Å²) in [7, 11) is 0. The van der Waals surface area contributed by atoms with Gasteiger partial charge in [-0.2, -0.15) is 20.3 Å². The molecule has 7 nitrogen and oxygen atoms in total. The number of nitrogens with one attached hydrogen (secondary N) is 2. The van der Waals surface area contributed by atoms with Crippen molar-refractivity contribution in [2.24, 2.45) is 0 Å². The van der Waals surface area contributed by atoms with Gasteiger partial charge in [0.1, 0.15) is 5.82 Å². The molecule has 0 aliphatic rings. The fraction of sp³-hybridized carbons (Fsp3) is 0.571. The van der Waals surface area contributed by atoms with Gasteiger partial charge in [0.15, 0.2) is 5.65 Å². The van der Waals surface area contributed by atoms with Gasteiger partial charge in [-0.25, -0.2) is 0 Å². The number of aromatic nitrogens is 4. The number of hydrogen-bond acceptors (Lipinski definition) is 6. The first kappa shape index (κ1) is 15.0. The fourth-order valence-corrected chi connectivity index (χ4v) is 2.13. The van der Waals surface area contributed by atoms with E-state index in [-0.39, 0.29) is 6.04 Å². The van der Waals surface area contributed by atoms with E-state index < -0.39 is 0 Å². The van der Waals surface area contributed by atoms with Gasteiger partial charge in [-0.15, -0.1) is 0 Å². The molecule has 0 radical (unpaired) electrons. The Balaban J connectivity index is 2.43. The number of rotatable bonds is 7. The number of nitrogens with zero attached hydrogens (tertiary/aromatic N) is 5. The monoisotopic (exact) mass is 287 g/mol. The average Bonchev–Trinajstić information content (AvgIpc) is 2.93. The van der Waals surface area contributed by atoms with Gasteiger partial charge < -0.3 is 10.2 Å². The molecule has 2 aromatic heterocycles. The number of aromatic amines is 1. The van der Waals surface area contributed by atoms with E-state index >= 15 is 0 Å². The van der Waals surface area contributed by atoms with Crippen molar-refractivity contribution in [1.29, 1.82) is 5.26 Å². The third-order valence-corrected chi connectivity index (χ3v) is 3.18. The molecule has 112 valence electrons. The van der Waals surface area contributed by atoms with Gasteiger partial charge in [-0.05, 0) is 20.3 Å². The second kappa shape index (κ2) is 6.88. The third kappa shape index (κ3) is 3.40. The van der Waals surface area contributed by atoms with Gasteiger partial charge in [-0.1, -0.05) is 6.92 Å². The van der Waals surface area contributed by atoms with Crippen molar-refractivity contribution in [3.05, 3.63) is 6.20 Å². The van der Waals surface area contributed by atoms with Crippen LogP contribution in [0.1, 0.15) is 33.6 Å². The van der Waals surface area contributed by atoms with Crippen LogP contribution in [0.3, 0.4) is 0 Å². The summed E-state index contributed by atoms with van der Waals surface area (Å²) in [6, 6.07) is 2.43. The molecule has 2 heterocycles. The van der Waals surface area contributed by atoms with Gasteiger partial charge in [0.2, 0.25) is 5.95 Å². The third-order valence-electron chi connectivity index (χ3n) is 3.18. The SMILES string of the molecule is CCCNc1nc(N(CCC#N)C(C)C)c2cn[nH]c2n1. The summed E-state index contributed by atoms with van der Waals surface area (Å²) < 4.78 is 0. The van der Waals surface area contributed by atoms with E-state index in [1.165, 1.54) is 0 Å². The molecule has 0 aliphatic heterocycles. The summed E-state index contributed by atoms with van der Waals surface area (Å²) in [5.74, 6) is 1.41. The van der Waals surface area contributed by atoms with Crippen LogP contribution in [0.5, 0.6) is 0 Å². The predicted octanol–water partition coefficient (Wildman–Crippen LogP) is 2.30. The lowest BCUT2D eigenvalue weighted by Crippen LogP contribution is -2.32. The highest BCUT2D eigenvalue weighted by molar-refractivity contribution is 5.87. The van der Waals surface area contributed by atoms with Crippen molar-refractivity contribution >= 4 is 22.8 Å². The highest BCUT2D eigenvalue weighted by Crippen LogP contribution is 2.25. The zero-order chi connectivity index (χ0) is 15.2. The topological polar surface area (TPSA) is 93.5 Å². The smallest absolute Gasteiger partial charge is 0.226 e. The molecule has 7 heteroatoms. The van der Waals surface area contributed by atoms with E-state index in [4.69, 9.17) is 5.26 Å². The minimum absolute atomic E-state index is 0.241. The molecule has 0 spiro atoms. The first-order valence-electron chi connectivity index (χ1n) is 7.26. The van der Waals surface area contributed by atoms with E-state index in [1.807, 2.05) is 0 Å². The minimum Gasteiger partial charge on any atom is -0.354 e. The zero-order valence-corrected chi connectivity index (χ0v) is 12.7. The van der Waals surface area contributed by atoms with E-state index in [1.54, 1.807) is 6.20 Å². The lowest BCUT2D eigenvalue weighted by Gasteiger charge is -2.27. The maximum Gasteiger partial charge on any atom is 0.226 e. The molecule has 0 bridgehead atoms. The van der Waals surface area contributed by atoms with E-state index in [9.17, 15) is 0 Å². The lowest BCUT2D eigenvalue weighted by atomic mass is 10.2. The Kier molecular flexibility index (Phi) is 4.93. The molecule has 0 atom stereocenters. The Bertz CT molecular complexity index is 626. The minimum atomic E-state index is 0.241. The van der Waals surface area contributed by atoms with E-state index in [2.05, 4.69) is 57.2 Å². The Morgan fingerprint density at radius 3 is 2.90 bits per heavy atom. The lowest BCUT2D eigenvalue weighted by molar-refractivity contribution is 0.679. The van der Waals surface area contributed by atoms with Crippen molar-refractivity contribution in [3.8, 4) is 6.07 Å². The molecule has 0 fully saturated rings.